The molecule has 5 heterocycles. The lowest BCUT2D eigenvalue weighted by Gasteiger charge is -2.34. The number of rotatable bonds is 6. The average molecular weight is 577 g/mol. The smallest absolute Gasteiger partial charge is 0.216 e. The van der Waals surface area contributed by atoms with E-state index in [0.717, 1.165) is 72.2 Å². The van der Waals surface area contributed by atoms with Gasteiger partial charge in [-0.25, -0.2) is 12.7 Å². The van der Waals surface area contributed by atoms with Crippen LogP contribution < -0.4 is 10.2 Å². The average Bonchev–Trinajstić information content (AvgIpc) is 3.51. The van der Waals surface area contributed by atoms with Gasteiger partial charge in [0.1, 0.15) is 5.75 Å². The molecule has 1 aromatic carbocycles. The number of sulfonamides is 1. The summed E-state index contributed by atoms with van der Waals surface area (Å²) in [4.78, 5) is 25.2. The molecule has 0 N–H and O–H groups in total. The monoisotopic (exact) mass is 576 g/mol. The van der Waals surface area contributed by atoms with Gasteiger partial charge in [0, 0.05) is 66.3 Å². The fraction of sp³-hybridized carbons (Fsp3) is 0.516. The lowest BCUT2D eigenvalue weighted by atomic mass is 9.82. The van der Waals surface area contributed by atoms with Gasteiger partial charge in [0.25, 0.3) is 0 Å². The number of hydrogen-bond acceptors (Lipinski definition) is 6. The Morgan fingerprint density at radius 2 is 1.85 bits per heavy atom. The van der Waals surface area contributed by atoms with Crippen LogP contribution in [0, 0.1) is 5.92 Å². The van der Waals surface area contributed by atoms with Crippen molar-refractivity contribution in [2.75, 3.05) is 19.7 Å². The van der Waals surface area contributed by atoms with Crippen molar-refractivity contribution in [3.63, 3.8) is 0 Å². The molecule has 1 aliphatic carbocycles. The number of carbonyl (C=O) groups excluding carboxylic acids is 1. The number of pyridine rings is 1. The molecule has 216 valence electrons. The van der Waals surface area contributed by atoms with Crippen LogP contribution in [-0.2, 0) is 22.9 Å². The van der Waals surface area contributed by atoms with Gasteiger partial charge in [-0.05, 0) is 56.6 Å². The predicted molar refractivity (Wildman–Crippen MR) is 156 cm³/mol. The first-order valence-corrected chi connectivity index (χ1v) is 16.3. The lowest BCUT2D eigenvalue weighted by Crippen LogP contribution is -2.40. The third-order valence-electron chi connectivity index (χ3n) is 9.35. The molecule has 0 amide bonds. The fourth-order valence-corrected chi connectivity index (χ4v) is 8.79. The van der Waals surface area contributed by atoms with Crippen molar-refractivity contribution in [2.45, 2.75) is 76.6 Å². The normalized spacial score (nSPS) is 20.9. The summed E-state index contributed by atoms with van der Waals surface area (Å²) < 4.78 is 37.4. The first-order valence-electron chi connectivity index (χ1n) is 14.8. The molecule has 1 saturated heterocycles. The van der Waals surface area contributed by atoms with Gasteiger partial charge in [0.2, 0.25) is 10.0 Å². The third-order valence-corrected chi connectivity index (χ3v) is 11.7. The largest absolute Gasteiger partial charge is 0.492 e. The highest BCUT2D eigenvalue weighted by atomic mass is 32.2. The molecule has 2 aromatic heterocycles. The van der Waals surface area contributed by atoms with E-state index in [1.807, 2.05) is 10.9 Å². The summed E-state index contributed by atoms with van der Waals surface area (Å²) >= 11 is 0. The molecule has 9 nitrogen and oxygen atoms in total. The van der Waals surface area contributed by atoms with Crippen LogP contribution in [0.15, 0.2) is 35.5 Å². The van der Waals surface area contributed by atoms with Gasteiger partial charge in [0.15, 0.2) is 11.2 Å². The summed E-state index contributed by atoms with van der Waals surface area (Å²) in [6.07, 6.45) is 10.3. The van der Waals surface area contributed by atoms with Crippen molar-refractivity contribution in [3.05, 3.63) is 57.6 Å². The van der Waals surface area contributed by atoms with E-state index >= 15 is 0 Å². The molecule has 0 spiro atoms. The van der Waals surface area contributed by atoms with Gasteiger partial charge in [-0.2, -0.15) is 5.10 Å². The molecular weight excluding hydrogens is 540 g/mol. The van der Waals surface area contributed by atoms with E-state index in [1.165, 1.54) is 12.5 Å². The van der Waals surface area contributed by atoms with Crippen LogP contribution in [0.2, 0.25) is 0 Å². The molecule has 1 saturated carbocycles. The molecule has 2 fully saturated rings. The van der Waals surface area contributed by atoms with Crippen molar-refractivity contribution < 1.29 is 17.9 Å². The lowest BCUT2D eigenvalue weighted by molar-refractivity contribution is 0.101. The van der Waals surface area contributed by atoms with E-state index in [0.29, 0.717) is 25.6 Å². The predicted octanol–water partition coefficient (Wildman–Crippen LogP) is 4.40. The van der Waals surface area contributed by atoms with Crippen molar-refractivity contribution in [2.24, 2.45) is 5.92 Å². The Morgan fingerprint density at radius 3 is 2.54 bits per heavy atom. The second kappa shape index (κ2) is 9.66. The Labute approximate surface area is 240 Å². The van der Waals surface area contributed by atoms with E-state index in [1.54, 1.807) is 16.6 Å². The zero-order valence-corrected chi connectivity index (χ0v) is 24.6. The minimum atomic E-state index is -3.14. The maximum atomic E-state index is 13.0. The highest BCUT2D eigenvalue weighted by molar-refractivity contribution is 7.90. The maximum absolute atomic E-state index is 13.0. The minimum Gasteiger partial charge on any atom is -0.492 e. The number of ether oxygens (including phenoxy) is 1. The summed E-state index contributed by atoms with van der Waals surface area (Å²) in [5.41, 5.74) is 6.19. The topological polar surface area (TPSA) is 104 Å². The molecule has 3 aliphatic heterocycles. The number of fused-ring (bicyclic) bond motifs is 5. The van der Waals surface area contributed by atoms with Crippen molar-refractivity contribution in [1.29, 1.82) is 0 Å². The Bertz CT molecular complexity index is 1730. The Kier molecular flexibility index (Phi) is 6.28. The van der Waals surface area contributed by atoms with Crippen LogP contribution in [-0.4, -0.2) is 57.8 Å². The second-order valence-electron chi connectivity index (χ2n) is 12.4. The number of nitrogens with zero attached hydrogens (tertiary/aromatic N) is 4. The summed E-state index contributed by atoms with van der Waals surface area (Å²) in [7, 11) is -3.14. The Morgan fingerprint density at radius 1 is 1.10 bits per heavy atom. The zero-order valence-electron chi connectivity index (χ0n) is 23.8. The van der Waals surface area contributed by atoms with Crippen LogP contribution in [0.4, 0.5) is 0 Å². The maximum Gasteiger partial charge on any atom is 0.216 e. The van der Waals surface area contributed by atoms with E-state index in [2.05, 4.69) is 30.7 Å². The van der Waals surface area contributed by atoms with E-state index in [4.69, 9.17) is 9.84 Å². The molecule has 1 atom stereocenters. The van der Waals surface area contributed by atoms with Crippen LogP contribution in [0.1, 0.15) is 80.0 Å². The van der Waals surface area contributed by atoms with E-state index in [9.17, 15) is 18.0 Å². The zero-order chi connectivity index (χ0) is 28.6. The van der Waals surface area contributed by atoms with Crippen molar-refractivity contribution in [3.8, 4) is 28.1 Å². The van der Waals surface area contributed by atoms with Gasteiger partial charge in [-0.1, -0.05) is 13.8 Å². The van der Waals surface area contributed by atoms with Crippen LogP contribution >= 0.6 is 0 Å². The number of hydrogen-bond donors (Lipinski definition) is 0. The number of piperidine rings is 1. The molecular formula is C31H36N4O5S. The first kappa shape index (κ1) is 26.6. The molecule has 7 rings (SSSR count). The third kappa shape index (κ3) is 4.37. The van der Waals surface area contributed by atoms with Crippen molar-refractivity contribution >= 4 is 15.8 Å². The fourth-order valence-electron chi connectivity index (χ4n) is 6.92. The van der Waals surface area contributed by atoms with Crippen LogP contribution in [0.25, 0.3) is 22.4 Å². The number of carbonyl (C=O) groups is 1. The highest BCUT2D eigenvalue weighted by Crippen LogP contribution is 2.48. The van der Waals surface area contributed by atoms with Crippen LogP contribution in [0.5, 0.6) is 5.75 Å². The molecule has 1 unspecified atom stereocenters. The number of benzene rings is 1. The number of Topliss-reactive ketones (excluding diaryl/α,β-unsaturated/α-hetero) is 1. The van der Waals surface area contributed by atoms with Gasteiger partial charge >= 0.3 is 0 Å². The van der Waals surface area contributed by atoms with Gasteiger partial charge in [-0.3, -0.25) is 14.3 Å². The summed E-state index contributed by atoms with van der Waals surface area (Å²) in [6, 6.07) is 4.11. The summed E-state index contributed by atoms with van der Waals surface area (Å²) in [6.45, 7) is 7.45. The van der Waals surface area contributed by atoms with E-state index in [-0.39, 0.29) is 34.1 Å². The summed E-state index contributed by atoms with van der Waals surface area (Å²) in [5, 5.41) is 4.55. The first-order chi connectivity index (χ1) is 19.6. The van der Waals surface area contributed by atoms with Gasteiger partial charge < -0.3 is 9.30 Å². The standard InChI is InChI=1S/C31H36N4O5S/c1-18(2)27-13-20-12-25(21-15-32-35(16-21)22-6-9-33(10-7-22)41(38,39)23-4-5-23)31-24(8-11-40-31)30(20)28-14-29(37)26(19(3)36)17-34(27)28/h12,14-18,22-23,27H,4-11,13H2,1-3H3. The quantitative estimate of drug-likeness (QED) is 0.403. The Hall–Kier alpha value is -3.24. The number of ketones is 1. The van der Waals surface area contributed by atoms with Gasteiger partial charge in [0.05, 0.1) is 35.4 Å². The minimum absolute atomic E-state index is 0.115. The number of aromatic nitrogens is 3. The Balaban J connectivity index is 1.24. The van der Waals surface area contributed by atoms with Gasteiger partial charge in [-0.15, -0.1) is 0 Å². The molecule has 10 heteroatoms. The molecule has 41 heavy (non-hydrogen) atoms. The van der Waals surface area contributed by atoms with E-state index < -0.39 is 10.0 Å². The molecule has 3 aromatic rings. The van der Waals surface area contributed by atoms with Crippen molar-refractivity contribution in [1.82, 2.24) is 18.7 Å². The molecule has 0 bridgehead atoms. The second-order valence-corrected chi connectivity index (χ2v) is 14.6. The molecule has 4 aliphatic rings. The SMILES string of the molecule is CC(=O)c1cn2c(cc1=O)-c1c(cc(-c3cnn(C4CCN(S(=O)(=O)C5CC5)CC4)c3)c3c1CCO3)CC2C(C)C. The van der Waals surface area contributed by atoms with Crippen LogP contribution in [0.3, 0.4) is 0 Å². The highest BCUT2D eigenvalue weighted by Gasteiger charge is 2.41. The molecule has 0 radical (unpaired) electrons. The summed E-state index contributed by atoms with van der Waals surface area (Å²) in [5.74, 6) is 0.926.